The van der Waals surface area contributed by atoms with Gasteiger partial charge in [-0.05, 0) is 51.1 Å². The molecule has 4 nitrogen and oxygen atoms in total. The standard InChI is InChI=1S/C13H10BrFN2O2S2/c1-17(7-9-4-13(14)20-8-9)21(18,19)11-2-3-12(15)10(5-11)6-16/h2-5,8H,7H2,1H3. The lowest BCUT2D eigenvalue weighted by molar-refractivity contribution is 0.467. The van der Waals surface area contributed by atoms with Crippen molar-refractivity contribution in [2.45, 2.75) is 11.4 Å². The topological polar surface area (TPSA) is 61.2 Å². The SMILES string of the molecule is CN(Cc1csc(Br)c1)S(=O)(=O)c1ccc(F)c(C#N)c1. The minimum Gasteiger partial charge on any atom is -0.207 e. The molecule has 8 heteroatoms. The summed E-state index contributed by atoms with van der Waals surface area (Å²) in [6, 6.07) is 6.66. The summed E-state index contributed by atoms with van der Waals surface area (Å²) in [6.07, 6.45) is 0. The van der Waals surface area contributed by atoms with Gasteiger partial charge in [-0.3, -0.25) is 0 Å². The quantitative estimate of drug-likeness (QED) is 0.806. The number of rotatable bonds is 4. The third-order valence-electron chi connectivity index (χ3n) is 2.79. The van der Waals surface area contributed by atoms with Gasteiger partial charge >= 0.3 is 0 Å². The van der Waals surface area contributed by atoms with E-state index in [-0.39, 0.29) is 17.0 Å². The van der Waals surface area contributed by atoms with E-state index in [0.29, 0.717) is 0 Å². The highest BCUT2D eigenvalue weighted by molar-refractivity contribution is 9.11. The average molecular weight is 389 g/mol. The smallest absolute Gasteiger partial charge is 0.207 e. The number of hydrogen-bond acceptors (Lipinski definition) is 4. The fraction of sp³-hybridized carbons (Fsp3) is 0.154. The van der Waals surface area contributed by atoms with Gasteiger partial charge in [0, 0.05) is 13.6 Å². The van der Waals surface area contributed by atoms with Gasteiger partial charge in [-0.1, -0.05) is 0 Å². The Labute approximate surface area is 134 Å². The van der Waals surface area contributed by atoms with Crippen LogP contribution >= 0.6 is 27.3 Å². The highest BCUT2D eigenvalue weighted by Gasteiger charge is 2.22. The molecule has 110 valence electrons. The van der Waals surface area contributed by atoms with Crippen molar-refractivity contribution in [3.05, 3.63) is 50.4 Å². The van der Waals surface area contributed by atoms with E-state index in [2.05, 4.69) is 15.9 Å². The molecule has 2 rings (SSSR count). The Kier molecular flexibility index (Phi) is 4.78. The van der Waals surface area contributed by atoms with Gasteiger partial charge in [0.25, 0.3) is 0 Å². The Morgan fingerprint density at radius 3 is 2.71 bits per heavy atom. The summed E-state index contributed by atoms with van der Waals surface area (Å²) in [5, 5.41) is 10.6. The predicted molar refractivity (Wildman–Crippen MR) is 81.8 cm³/mol. The van der Waals surface area contributed by atoms with Gasteiger partial charge in [-0.25, -0.2) is 12.8 Å². The molecule has 0 saturated carbocycles. The van der Waals surface area contributed by atoms with E-state index in [1.54, 1.807) is 6.07 Å². The zero-order valence-corrected chi connectivity index (χ0v) is 14.1. The molecule has 0 radical (unpaired) electrons. The van der Waals surface area contributed by atoms with Crippen LogP contribution < -0.4 is 0 Å². The Bertz CT molecular complexity index is 812. The monoisotopic (exact) mass is 388 g/mol. The van der Waals surface area contributed by atoms with Gasteiger partial charge in [0.05, 0.1) is 14.2 Å². The van der Waals surface area contributed by atoms with Crippen molar-refractivity contribution < 1.29 is 12.8 Å². The highest BCUT2D eigenvalue weighted by atomic mass is 79.9. The van der Waals surface area contributed by atoms with Crippen LogP contribution in [0.25, 0.3) is 0 Å². The van der Waals surface area contributed by atoms with Crippen LogP contribution in [0.15, 0.2) is 38.3 Å². The normalized spacial score (nSPS) is 11.6. The molecule has 1 heterocycles. The second kappa shape index (κ2) is 6.23. The molecule has 2 aromatic rings. The molecule has 0 atom stereocenters. The van der Waals surface area contributed by atoms with Crippen LogP contribution in [0.5, 0.6) is 0 Å². The summed E-state index contributed by atoms with van der Waals surface area (Å²) in [4.78, 5) is -0.0998. The van der Waals surface area contributed by atoms with Crippen LogP contribution in [0.1, 0.15) is 11.1 Å². The molecule has 0 unspecified atom stereocenters. The Hall–Kier alpha value is -1.27. The minimum atomic E-state index is -3.77. The van der Waals surface area contributed by atoms with Crippen LogP contribution in [0.3, 0.4) is 0 Å². The fourth-order valence-electron chi connectivity index (χ4n) is 1.70. The number of thiophene rings is 1. The maximum Gasteiger partial charge on any atom is 0.243 e. The Balaban J connectivity index is 2.31. The van der Waals surface area contributed by atoms with Crippen LogP contribution in [-0.4, -0.2) is 19.8 Å². The molecule has 21 heavy (non-hydrogen) atoms. The van der Waals surface area contributed by atoms with Crippen molar-refractivity contribution >= 4 is 37.3 Å². The molecular weight excluding hydrogens is 379 g/mol. The minimum absolute atomic E-state index is 0.0998. The third-order valence-corrected chi connectivity index (χ3v) is 6.15. The summed E-state index contributed by atoms with van der Waals surface area (Å²) in [6.45, 7) is 0.198. The second-order valence-corrected chi connectivity index (χ2v) is 8.61. The van der Waals surface area contributed by atoms with Crippen molar-refractivity contribution in [2.24, 2.45) is 0 Å². The van der Waals surface area contributed by atoms with Gasteiger partial charge in [-0.15, -0.1) is 11.3 Å². The number of nitrogens with zero attached hydrogens (tertiary/aromatic N) is 2. The predicted octanol–water partition coefficient (Wildman–Crippen LogP) is 3.34. The lowest BCUT2D eigenvalue weighted by Gasteiger charge is -2.16. The first kappa shape index (κ1) is 16.1. The fourth-order valence-corrected chi connectivity index (χ4v) is 4.09. The molecule has 0 saturated heterocycles. The first-order valence-corrected chi connectivity index (χ1v) is 8.85. The molecule has 0 bridgehead atoms. The molecule has 0 aliphatic carbocycles. The Morgan fingerprint density at radius 2 is 2.14 bits per heavy atom. The van der Waals surface area contributed by atoms with Crippen molar-refractivity contribution in [2.75, 3.05) is 7.05 Å². The van der Waals surface area contributed by atoms with E-state index >= 15 is 0 Å². The summed E-state index contributed by atoms with van der Waals surface area (Å²) in [5.74, 6) is -0.735. The van der Waals surface area contributed by atoms with Crippen LogP contribution in [0, 0.1) is 17.1 Å². The summed E-state index contributed by atoms with van der Waals surface area (Å²) >= 11 is 4.78. The number of sulfonamides is 1. The molecule has 0 aliphatic rings. The highest BCUT2D eigenvalue weighted by Crippen LogP contribution is 2.24. The van der Waals surface area contributed by atoms with Crippen LogP contribution in [-0.2, 0) is 16.6 Å². The molecule has 1 aromatic carbocycles. The molecule has 1 aromatic heterocycles. The molecule has 0 aliphatic heterocycles. The van der Waals surface area contributed by atoms with E-state index < -0.39 is 15.8 Å². The number of benzene rings is 1. The van der Waals surface area contributed by atoms with Crippen molar-refractivity contribution in [3.8, 4) is 6.07 Å². The van der Waals surface area contributed by atoms with Gasteiger partial charge < -0.3 is 0 Å². The van der Waals surface area contributed by atoms with Crippen LogP contribution in [0.4, 0.5) is 4.39 Å². The zero-order valence-electron chi connectivity index (χ0n) is 10.9. The van der Waals surface area contributed by atoms with Gasteiger partial charge in [0.15, 0.2) is 0 Å². The Morgan fingerprint density at radius 1 is 1.43 bits per heavy atom. The molecule has 0 amide bonds. The van der Waals surface area contributed by atoms with E-state index in [0.717, 1.165) is 31.9 Å². The van der Waals surface area contributed by atoms with Crippen molar-refractivity contribution in [1.82, 2.24) is 4.31 Å². The summed E-state index contributed by atoms with van der Waals surface area (Å²) in [7, 11) is -2.33. The lowest BCUT2D eigenvalue weighted by Crippen LogP contribution is -2.26. The maximum atomic E-state index is 13.3. The number of halogens is 2. The number of hydrogen-bond donors (Lipinski definition) is 0. The average Bonchev–Trinajstić information content (AvgIpc) is 2.84. The molecule has 0 spiro atoms. The third kappa shape index (κ3) is 3.49. The number of nitriles is 1. The van der Waals surface area contributed by atoms with E-state index in [4.69, 9.17) is 5.26 Å². The first-order valence-electron chi connectivity index (χ1n) is 5.73. The lowest BCUT2D eigenvalue weighted by atomic mass is 10.2. The van der Waals surface area contributed by atoms with Crippen molar-refractivity contribution in [3.63, 3.8) is 0 Å². The first-order chi connectivity index (χ1) is 9.84. The molecule has 0 fully saturated rings. The van der Waals surface area contributed by atoms with Crippen LogP contribution in [0.2, 0.25) is 0 Å². The zero-order chi connectivity index (χ0) is 15.6. The van der Waals surface area contributed by atoms with Crippen molar-refractivity contribution in [1.29, 1.82) is 5.26 Å². The maximum absolute atomic E-state index is 13.3. The van der Waals surface area contributed by atoms with Gasteiger partial charge in [-0.2, -0.15) is 9.57 Å². The van der Waals surface area contributed by atoms with Gasteiger partial charge in [0.2, 0.25) is 10.0 Å². The molecule has 0 N–H and O–H groups in total. The van der Waals surface area contributed by atoms with E-state index in [1.165, 1.54) is 18.4 Å². The summed E-state index contributed by atoms with van der Waals surface area (Å²) < 4.78 is 40.2. The van der Waals surface area contributed by atoms with E-state index in [9.17, 15) is 12.8 Å². The second-order valence-electron chi connectivity index (χ2n) is 4.27. The van der Waals surface area contributed by atoms with Gasteiger partial charge in [0.1, 0.15) is 11.9 Å². The largest absolute Gasteiger partial charge is 0.243 e. The molecular formula is C13H10BrFN2O2S2. The summed E-state index contributed by atoms with van der Waals surface area (Å²) in [5.41, 5.74) is 0.559. The van der Waals surface area contributed by atoms with E-state index in [1.807, 2.05) is 11.4 Å².